The minimum Gasteiger partial charge on any atom is -0.492 e. The maximum absolute atomic E-state index is 13.6. The van der Waals surface area contributed by atoms with Gasteiger partial charge in [0.1, 0.15) is 5.75 Å². The van der Waals surface area contributed by atoms with Gasteiger partial charge >= 0.3 is 0 Å². The first-order valence-corrected chi connectivity index (χ1v) is 7.49. The molecule has 0 aromatic heterocycles. The Kier molecular flexibility index (Phi) is 5.77. The van der Waals surface area contributed by atoms with Crippen molar-refractivity contribution in [2.45, 2.75) is 6.92 Å². The summed E-state index contributed by atoms with van der Waals surface area (Å²) in [5, 5.41) is 2.68. The Balaban J connectivity index is 1.96. The van der Waals surface area contributed by atoms with Crippen molar-refractivity contribution < 1.29 is 18.7 Å². The van der Waals surface area contributed by atoms with Gasteiger partial charge in [-0.15, -0.1) is 0 Å². The number of amides is 1. The van der Waals surface area contributed by atoms with Crippen LogP contribution in [-0.2, 0) is 4.79 Å². The molecule has 1 N–H and O–H groups in total. The molecule has 0 saturated carbocycles. The summed E-state index contributed by atoms with van der Waals surface area (Å²) in [6.07, 6.45) is 0. The number of rotatable bonds is 6. The summed E-state index contributed by atoms with van der Waals surface area (Å²) in [6.45, 7) is 2.06. The Morgan fingerprint density at radius 1 is 1.18 bits per heavy atom. The Bertz CT molecular complexity index is 664. The van der Waals surface area contributed by atoms with Crippen LogP contribution in [-0.4, -0.2) is 19.1 Å². The first-order valence-electron chi connectivity index (χ1n) is 6.69. The second kappa shape index (κ2) is 7.79. The molecular formula is C16H15BrFNO3. The molecule has 0 unspecified atom stereocenters. The number of hydrogen-bond donors (Lipinski definition) is 1. The summed E-state index contributed by atoms with van der Waals surface area (Å²) in [7, 11) is 0. The number of ether oxygens (including phenoxy) is 2. The lowest BCUT2D eigenvalue weighted by Gasteiger charge is -2.12. The maximum Gasteiger partial charge on any atom is 0.262 e. The van der Waals surface area contributed by atoms with E-state index in [1.807, 2.05) is 13.0 Å². The van der Waals surface area contributed by atoms with E-state index in [0.717, 1.165) is 0 Å². The lowest BCUT2D eigenvalue weighted by atomic mass is 10.3. The predicted molar refractivity (Wildman–Crippen MR) is 85.8 cm³/mol. The molecule has 1 amide bonds. The molecule has 2 aromatic rings. The van der Waals surface area contributed by atoms with E-state index in [1.54, 1.807) is 24.3 Å². The molecule has 22 heavy (non-hydrogen) atoms. The Morgan fingerprint density at radius 2 is 1.95 bits per heavy atom. The molecule has 4 nitrogen and oxygen atoms in total. The third-order valence-corrected chi connectivity index (χ3v) is 3.21. The van der Waals surface area contributed by atoms with E-state index in [2.05, 4.69) is 21.2 Å². The van der Waals surface area contributed by atoms with Gasteiger partial charge in [0.25, 0.3) is 5.91 Å². The van der Waals surface area contributed by atoms with Crippen molar-refractivity contribution in [3.05, 3.63) is 52.8 Å². The van der Waals surface area contributed by atoms with Crippen LogP contribution >= 0.6 is 15.9 Å². The van der Waals surface area contributed by atoms with Gasteiger partial charge in [-0.2, -0.15) is 0 Å². The predicted octanol–water partition coefficient (Wildman–Crippen LogP) is 4.00. The number of nitrogens with one attached hydrogen (secondary N) is 1. The zero-order chi connectivity index (χ0) is 15.9. The number of halogens is 2. The van der Waals surface area contributed by atoms with Gasteiger partial charge in [-0.05, 0) is 37.3 Å². The topological polar surface area (TPSA) is 47.6 Å². The standard InChI is InChI=1S/C16H15BrFNO3/c1-2-21-15-6-4-3-5-13(15)19-16(20)10-22-14-8-7-11(17)9-12(14)18/h3-9H,2,10H2,1H3,(H,19,20). The van der Waals surface area contributed by atoms with Crippen LogP contribution in [0.25, 0.3) is 0 Å². The van der Waals surface area contributed by atoms with E-state index in [9.17, 15) is 9.18 Å². The molecule has 0 spiro atoms. The highest BCUT2D eigenvalue weighted by Crippen LogP contribution is 2.24. The first-order chi connectivity index (χ1) is 10.6. The second-order valence-electron chi connectivity index (χ2n) is 4.34. The van der Waals surface area contributed by atoms with Crippen LogP contribution < -0.4 is 14.8 Å². The summed E-state index contributed by atoms with van der Waals surface area (Å²) in [6, 6.07) is 11.5. The van der Waals surface area contributed by atoms with Crippen LogP contribution in [0, 0.1) is 5.82 Å². The molecular weight excluding hydrogens is 353 g/mol. The van der Waals surface area contributed by atoms with Crippen LogP contribution in [0.1, 0.15) is 6.92 Å². The summed E-state index contributed by atoms with van der Waals surface area (Å²) >= 11 is 3.15. The van der Waals surface area contributed by atoms with E-state index >= 15 is 0 Å². The fourth-order valence-electron chi connectivity index (χ4n) is 1.77. The third kappa shape index (κ3) is 4.46. The number of carbonyl (C=O) groups excluding carboxylic acids is 1. The quantitative estimate of drug-likeness (QED) is 0.838. The normalized spacial score (nSPS) is 10.1. The number of para-hydroxylation sites is 2. The van der Waals surface area contributed by atoms with E-state index in [0.29, 0.717) is 22.5 Å². The molecule has 0 radical (unpaired) electrons. The average molecular weight is 368 g/mol. The number of carbonyl (C=O) groups is 1. The molecule has 0 atom stereocenters. The van der Waals surface area contributed by atoms with Crippen LogP contribution in [0.2, 0.25) is 0 Å². The van der Waals surface area contributed by atoms with Gasteiger partial charge in [-0.3, -0.25) is 4.79 Å². The lowest BCUT2D eigenvalue weighted by Crippen LogP contribution is -2.20. The van der Waals surface area contributed by atoms with Crippen LogP contribution in [0.5, 0.6) is 11.5 Å². The number of anilines is 1. The molecule has 0 aliphatic heterocycles. The molecule has 0 saturated heterocycles. The SMILES string of the molecule is CCOc1ccccc1NC(=O)COc1ccc(Br)cc1F. The molecule has 0 aliphatic carbocycles. The van der Waals surface area contributed by atoms with Crippen molar-refractivity contribution in [3.63, 3.8) is 0 Å². The van der Waals surface area contributed by atoms with Crippen molar-refractivity contribution in [2.24, 2.45) is 0 Å². The zero-order valence-corrected chi connectivity index (χ0v) is 13.5. The van der Waals surface area contributed by atoms with Crippen molar-refractivity contribution in [2.75, 3.05) is 18.5 Å². The van der Waals surface area contributed by atoms with E-state index < -0.39 is 11.7 Å². The van der Waals surface area contributed by atoms with Crippen LogP contribution in [0.15, 0.2) is 46.9 Å². The third-order valence-electron chi connectivity index (χ3n) is 2.71. The van der Waals surface area contributed by atoms with Crippen LogP contribution in [0.4, 0.5) is 10.1 Å². The largest absolute Gasteiger partial charge is 0.492 e. The average Bonchev–Trinajstić information content (AvgIpc) is 2.48. The molecule has 0 aliphatic rings. The summed E-state index contributed by atoms with van der Waals surface area (Å²) in [5.74, 6) is -0.323. The van der Waals surface area contributed by atoms with E-state index in [4.69, 9.17) is 9.47 Å². The highest BCUT2D eigenvalue weighted by Gasteiger charge is 2.10. The van der Waals surface area contributed by atoms with E-state index in [-0.39, 0.29) is 12.4 Å². The van der Waals surface area contributed by atoms with Crippen molar-refractivity contribution in [1.29, 1.82) is 0 Å². The van der Waals surface area contributed by atoms with Gasteiger partial charge in [-0.1, -0.05) is 28.1 Å². The van der Waals surface area contributed by atoms with Gasteiger partial charge in [0.2, 0.25) is 0 Å². The zero-order valence-electron chi connectivity index (χ0n) is 11.9. The molecule has 2 aromatic carbocycles. The number of benzene rings is 2. The molecule has 2 rings (SSSR count). The van der Waals surface area contributed by atoms with Crippen LogP contribution in [0.3, 0.4) is 0 Å². The monoisotopic (exact) mass is 367 g/mol. The minimum absolute atomic E-state index is 0.0245. The highest BCUT2D eigenvalue weighted by molar-refractivity contribution is 9.10. The summed E-state index contributed by atoms with van der Waals surface area (Å²) in [4.78, 5) is 11.9. The smallest absolute Gasteiger partial charge is 0.262 e. The molecule has 0 fully saturated rings. The Morgan fingerprint density at radius 3 is 2.68 bits per heavy atom. The first kappa shape index (κ1) is 16.3. The van der Waals surface area contributed by atoms with Gasteiger partial charge in [-0.25, -0.2) is 4.39 Å². The summed E-state index contributed by atoms with van der Waals surface area (Å²) in [5.41, 5.74) is 0.550. The lowest BCUT2D eigenvalue weighted by molar-refractivity contribution is -0.118. The Hall–Kier alpha value is -2.08. The fourth-order valence-corrected chi connectivity index (χ4v) is 2.11. The van der Waals surface area contributed by atoms with Gasteiger partial charge in [0.05, 0.1) is 12.3 Å². The summed E-state index contributed by atoms with van der Waals surface area (Å²) < 4.78 is 24.8. The molecule has 0 heterocycles. The second-order valence-corrected chi connectivity index (χ2v) is 5.26. The van der Waals surface area contributed by atoms with Gasteiger partial charge in [0, 0.05) is 4.47 Å². The highest BCUT2D eigenvalue weighted by atomic mass is 79.9. The molecule has 0 bridgehead atoms. The molecule has 6 heteroatoms. The minimum atomic E-state index is -0.531. The van der Waals surface area contributed by atoms with Crippen molar-refractivity contribution >= 4 is 27.5 Å². The van der Waals surface area contributed by atoms with Gasteiger partial charge < -0.3 is 14.8 Å². The van der Waals surface area contributed by atoms with Crippen molar-refractivity contribution in [1.82, 2.24) is 0 Å². The maximum atomic E-state index is 13.6. The molecule has 116 valence electrons. The number of hydrogen-bond acceptors (Lipinski definition) is 3. The Labute approximate surface area is 136 Å². The van der Waals surface area contributed by atoms with Crippen molar-refractivity contribution in [3.8, 4) is 11.5 Å². The van der Waals surface area contributed by atoms with Gasteiger partial charge in [0.15, 0.2) is 18.2 Å². The fraction of sp³-hybridized carbons (Fsp3) is 0.188. The van der Waals surface area contributed by atoms with E-state index in [1.165, 1.54) is 12.1 Å².